The second-order valence-corrected chi connectivity index (χ2v) is 6.89. The lowest BCUT2D eigenvalue weighted by Gasteiger charge is -2.18. The number of halogens is 1. The van der Waals surface area contributed by atoms with Gasteiger partial charge in [0.1, 0.15) is 5.82 Å². The number of hydrazone groups is 1. The van der Waals surface area contributed by atoms with Gasteiger partial charge in [-0.3, -0.25) is 4.99 Å². The summed E-state index contributed by atoms with van der Waals surface area (Å²) in [5.41, 5.74) is 7.71. The lowest BCUT2D eigenvalue weighted by atomic mass is 9.96. The molecule has 1 saturated carbocycles. The van der Waals surface area contributed by atoms with Crippen molar-refractivity contribution in [1.29, 1.82) is 0 Å². The van der Waals surface area contributed by atoms with Gasteiger partial charge in [0.15, 0.2) is 0 Å². The third-order valence-electron chi connectivity index (χ3n) is 5.03. The van der Waals surface area contributed by atoms with Gasteiger partial charge in [-0.15, -0.1) is 0 Å². The molecule has 2 N–H and O–H groups in total. The molecule has 4 nitrogen and oxygen atoms in total. The SMILES string of the molecule is C/N=C(\NCC1(c2ccc(F)cc2)CC1)N/N=C/c1c(C)cccc1C. The van der Waals surface area contributed by atoms with Crippen LogP contribution in [0.15, 0.2) is 52.6 Å². The van der Waals surface area contributed by atoms with E-state index in [0.717, 1.165) is 24.9 Å². The first kappa shape index (κ1) is 18.1. The molecule has 136 valence electrons. The molecule has 0 aliphatic heterocycles. The largest absolute Gasteiger partial charge is 0.354 e. The summed E-state index contributed by atoms with van der Waals surface area (Å²) in [7, 11) is 1.72. The van der Waals surface area contributed by atoms with Crippen LogP contribution >= 0.6 is 0 Å². The zero-order chi connectivity index (χ0) is 18.6. The van der Waals surface area contributed by atoms with E-state index in [2.05, 4.69) is 46.8 Å². The molecule has 1 aliphatic rings. The van der Waals surface area contributed by atoms with Crippen LogP contribution in [0.3, 0.4) is 0 Å². The smallest absolute Gasteiger partial charge is 0.211 e. The van der Waals surface area contributed by atoms with Gasteiger partial charge in [-0.2, -0.15) is 5.10 Å². The third kappa shape index (κ3) is 4.10. The minimum Gasteiger partial charge on any atom is -0.354 e. The normalized spacial score (nSPS) is 15.9. The van der Waals surface area contributed by atoms with E-state index in [9.17, 15) is 4.39 Å². The lowest BCUT2D eigenvalue weighted by molar-refractivity contribution is 0.618. The van der Waals surface area contributed by atoms with E-state index in [1.165, 1.54) is 28.8 Å². The Hall–Kier alpha value is -2.69. The molecular weight excluding hydrogens is 327 g/mol. The van der Waals surface area contributed by atoms with Crippen LogP contribution in [0.5, 0.6) is 0 Å². The molecule has 2 aromatic rings. The number of nitrogens with zero attached hydrogens (tertiary/aromatic N) is 2. The topological polar surface area (TPSA) is 48.8 Å². The van der Waals surface area contributed by atoms with Crippen molar-refractivity contribution in [2.75, 3.05) is 13.6 Å². The van der Waals surface area contributed by atoms with Crippen LogP contribution in [0.1, 0.15) is 35.1 Å². The minimum atomic E-state index is -0.198. The van der Waals surface area contributed by atoms with Crippen LogP contribution in [-0.4, -0.2) is 25.8 Å². The van der Waals surface area contributed by atoms with Crippen molar-refractivity contribution < 1.29 is 4.39 Å². The maximum Gasteiger partial charge on any atom is 0.211 e. The zero-order valence-corrected chi connectivity index (χ0v) is 15.5. The van der Waals surface area contributed by atoms with E-state index in [4.69, 9.17) is 0 Å². The molecule has 5 heteroatoms. The van der Waals surface area contributed by atoms with Gasteiger partial charge in [0.05, 0.1) is 6.21 Å². The molecule has 3 rings (SSSR count). The van der Waals surface area contributed by atoms with Crippen molar-refractivity contribution >= 4 is 12.2 Å². The van der Waals surface area contributed by atoms with Crippen LogP contribution in [0, 0.1) is 19.7 Å². The average molecular weight is 352 g/mol. The predicted octanol–water partition coefficient (Wildman–Crippen LogP) is 3.67. The van der Waals surface area contributed by atoms with Gasteiger partial charge in [-0.1, -0.05) is 30.3 Å². The fraction of sp³-hybridized carbons (Fsp3) is 0.333. The van der Waals surface area contributed by atoms with Crippen LogP contribution in [0.4, 0.5) is 4.39 Å². The Kier molecular flexibility index (Phi) is 5.35. The third-order valence-corrected chi connectivity index (χ3v) is 5.03. The quantitative estimate of drug-likeness (QED) is 0.490. The fourth-order valence-corrected chi connectivity index (χ4v) is 3.13. The Labute approximate surface area is 154 Å². The Bertz CT molecular complexity index is 800. The van der Waals surface area contributed by atoms with Crippen molar-refractivity contribution in [3.8, 4) is 0 Å². The number of aryl methyl sites for hydroxylation is 2. The summed E-state index contributed by atoms with van der Waals surface area (Å²) in [6, 6.07) is 13.0. The van der Waals surface area contributed by atoms with E-state index in [-0.39, 0.29) is 11.2 Å². The van der Waals surface area contributed by atoms with Crippen molar-refractivity contribution in [3.63, 3.8) is 0 Å². The molecule has 2 aromatic carbocycles. The summed E-state index contributed by atoms with van der Waals surface area (Å²) in [6.45, 7) is 4.89. The standard InChI is InChI=1S/C21H25FN4/c1-15-5-4-6-16(2)19(15)13-25-26-20(23-3)24-14-21(11-12-21)17-7-9-18(22)10-8-17/h4-10,13H,11-12,14H2,1-3H3,(H2,23,24,26)/b25-13+. The molecule has 0 unspecified atom stereocenters. The Morgan fingerprint density at radius 2 is 1.77 bits per heavy atom. The lowest BCUT2D eigenvalue weighted by Crippen LogP contribution is -2.39. The number of hydrogen-bond donors (Lipinski definition) is 2. The summed E-state index contributed by atoms with van der Waals surface area (Å²) in [4.78, 5) is 4.22. The van der Waals surface area contributed by atoms with Gasteiger partial charge in [0.25, 0.3) is 0 Å². The first-order valence-corrected chi connectivity index (χ1v) is 8.86. The molecule has 0 heterocycles. The maximum absolute atomic E-state index is 13.1. The van der Waals surface area contributed by atoms with E-state index >= 15 is 0 Å². The molecule has 0 amide bonds. The van der Waals surface area contributed by atoms with E-state index in [1.54, 1.807) is 7.05 Å². The van der Waals surface area contributed by atoms with Crippen LogP contribution in [-0.2, 0) is 5.41 Å². The van der Waals surface area contributed by atoms with E-state index in [1.807, 2.05) is 24.4 Å². The van der Waals surface area contributed by atoms with Gasteiger partial charge in [0, 0.05) is 24.6 Å². The molecule has 26 heavy (non-hydrogen) atoms. The molecule has 0 bridgehead atoms. The molecular formula is C21H25FN4. The number of rotatable bonds is 5. The van der Waals surface area contributed by atoms with Gasteiger partial charge in [0.2, 0.25) is 5.96 Å². The van der Waals surface area contributed by atoms with Crippen molar-refractivity contribution in [2.45, 2.75) is 32.1 Å². The number of guanidine groups is 1. The minimum absolute atomic E-state index is 0.0711. The van der Waals surface area contributed by atoms with Crippen LogP contribution in [0.2, 0.25) is 0 Å². The summed E-state index contributed by atoms with van der Waals surface area (Å²) in [5, 5.41) is 7.65. The highest BCUT2D eigenvalue weighted by molar-refractivity contribution is 5.86. The van der Waals surface area contributed by atoms with Crippen molar-refractivity contribution in [2.24, 2.45) is 10.1 Å². The predicted molar refractivity (Wildman–Crippen MR) is 105 cm³/mol. The highest BCUT2D eigenvalue weighted by Gasteiger charge is 2.44. The molecule has 1 aliphatic carbocycles. The summed E-state index contributed by atoms with van der Waals surface area (Å²) >= 11 is 0. The number of hydrogen-bond acceptors (Lipinski definition) is 2. The molecule has 0 atom stereocenters. The molecule has 0 saturated heterocycles. The van der Waals surface area contributed by atoms with Gasteiger partial charge >= 0.3 is 0 Å². The fourth-order valence-electron chi connectivity index (χ4n) is 3.13. The van der Waals surface area contributed by atoms with Gasteiger partial charge < -0.3 is 5.32 Å². The highest BCUT2D eigenvalue weighted by atomic mass is 19.1. The van der Waals surface area contributed by atoms with Crippen molar-refractivity contribution in [3.05, 3.63) is 70.5 Å². The molecule has 1 fully saturated rings. The molecule has 0 aromatic heterocycles. The average Bonchev–Trinajstić information content (AvgIpc) is 3.42. The van der Waals surface area contributed by atoms with Gasteiger partial charge in [-0.05, 0) is 55.5 Å². The summed E-state index contributed by atoms with van der Waals surface area (Å²) < 4.78 is 13.1. The molecule has 0 spiro atoms. The van der Waals surface area contributed by atoms with Crippen LogP contribution in [0.25, 0.3) is 0 Å². The number of benzene rings is 2. The number of aliphatic imine (C=N–C) groups is 1. The number of nitrogens with one attached hydrogen (secondary N) is 2. The molecule has 0 radical (unpaired) electrons. The first-order chi connectivity index (χ1) is 12.5. The van der Waals surface area contributed by atoms with Crippen LogP contribution < -0.4 is 10.7 Å². The second-order valence-electron chi connectivity index (χ2n) is 6.89. The highest BCUT2D eigenvalue weighted by Crippen LogP contribution is 2.47. The van der Waals surface area contributed by atoms with E-state index < -0.39 is 0 Å². The summed E-state index contributed by atoms with van der Waals surface area (Å²) in [5.74, 6) is 0.427. The van der Waals surface area contributed by atoms with Gasteiger partial charge in [-0.25, -0.2) is 9.82 Å². The van der Waals surface area contributed by atoms with Crippen molar-refractivity contribution in [1.82, 2.24) is 10.7 Å². The Morgan fingerprint density at radius 3 is 2.35 bits per heavy atom. The van der Waals surface area contributed by atoms with E-state index in [0.29, 0.717) is 5.96 Å². The first-order valence-electron chi connectivity index (χ1n) is 8.86. The Morgan fingerprint density at radius 1 is 1.12 bits per heavy atom. The maximum atomic E-state index is 13.1. The zero-order valence-electron chi connectivity index (χ0n) is 15.5. The Balaban J connectivity index is 1.59. The monoisotopic (exact) mass is 352 g/mol. The second kappa shape index (κ2) is 7.68. The summed E-state index contributed by atoms with van der Waals surface area (Å²) in [6.07, 6.45) is 4.01.